The van der Waals surface area contributed by atoms with Gasteiger partial charge in [-0.3, -0.25) is 24.0 Å². The molecule has 4 aliphatic rings. The third-order valence-electron chi connectivity index (χ3n) is 8.38. The van der Waals surface area contributed by atoms with Gasteiger partial charge in [-0.25, -0.2) is 0 Å². The van der Waals surface area contributed by atoms with Gasteiger partial charge in [0.05, 0.1) is 5.92 Å². The summed E-state index contributed by atoms with van der Waals surface area (Å²) >= 11 is 0. The molecular weight excluding hydrogens is 456 g/mol. The van der Waals surface area contributed by atoms with Gasteiger partial charge in [0.2, 0.25) is 0 Å². The van der Waals surface area contributed by atoms with Crippen LogP contribution in [0.15, 0.2) is 11.6 Å². The van der Waals surface area contributed by atoms with E-state index in [1.165, 1.54) is 20.8 Å². The molecule has 0 spiro atoms. The molecule has 3 fully saturated rings. The molecule has 1 saturated heterocycles. The lowest BCUT2D eigenvalue weighted by Crippen LogP contribution is -2.42. The fourth-order valence-electron chi connectivity index (χ4n) is 6.82. The highest BCUT2D eigenvalue weighted by molar-refractivity contribution is 6.11. The van der Waals surface area contributed by atoms with Gasteiger partial charge in [0.1, 0.15) is 12.2 Å². The van der Waals surface area contributed by atoms with Crippen molar-refractivity contribution < 1.29 is 42.9 Å². The summed E-state index contributed by atoms with van der Waals surface area (Å²) in [4.78, 5) is 63.6. The molecule has 9 atom stereocenters. The summed E-state index contributed by atoms with van der Waals surface area (Å²) in [5.41, 5.74) is -2.89. The highest BCUT2D eigenvalue weighted by atomic mass is 16.6. The van der Waals surface area contributed by atoms with Gasteiger partial charge in [-0.15, -0.1) is 0 Å². The molecule has 0 radical (unpaired) electrons. The van der Waals surface area contributed by atoms with Crippen LogP contribution in [0, 0.1) is 29.1 Å². The number of Topliss-reactive ketones (excluding diaryl/α,β-unsaturated/α-hetero) is 2. The van der Waals surface area contributed by atoms with E-state index < -0.39 is 64.7 Å². The van der Waals surface area contributed by atoms with E-state index in [2.05, 4.69) is 0 Å². The Kier molecular flexibility index (Phi) is 5.82. The lowest BCUT2D eigenvalue weighted by atomic mass is 9.81. The summed E-state index contributed by atoms with van der Waals surface area (Å²) in [6, 6.07) is 0. The van der Waals surface area contributed by atoms with Crippen LogP contribution in [0.2, 0.25) is 0 Å². The van der Waals surface area contributed by atoms with Crippen LogP contribution in [0.4, 0.5) is 0 Å². The zero-order chi connectivity index (χ0) is 26.2. The number of fused-ring (bicyclic) bond motifs is 1. The molecule has 1 heterocycles. The van der Waals surface area contributed by atoms with Crippen LogP contribution in [0.1, 0.15) is 61.8 Å². The second kappa shape index (κ2) is 7.98. The van der Waals surface area contributed by atoms with Crippen molar-refractivity contribution in [1.29, 1.82) is 0 Å². The Morgan fingerprint density at radius 1 is 0.886 bits per heavy atom. The normalized spacial score (nSPS) is 43.4. The van der Waals surface area contributed by atoms with Crippen molar-refractivity contribution in [3.63, 3.8) is 0 Å². The SMILES string of the molecule is CC(=O)OC1C(C)=CC23OC2(CC(C)C3=O)C(=O)C(C)C(OC(C)=O)C2C(C1OC(C)=O)C2(C)C. The van der Waals surface area contributed by atoms with Crippen molar-refractivity contribution >= 4 is 29.5 Å². The monoisotopic (exact) mass is 490 g/mol. The third-order valence-corrected chi connectivity index (χ3v) is 8.38. The minimum atomic E-state index is -1.48. The molecule has 9 heteroatoms. The standard InChI is InChI=1S/C26H34O9/c1-11-9-25-22(30)12(2)10-26(25,35-25)23(31)13(3)20(33-15(5)28)17-18(24(17,7)8)21(34-16(6)29)19(11)32-14(4)27/h9,12-13,17-21H,10H2,1-8H3. The highest BCUT2D eigenvalue weighted by Gasteiger charge is 2.83. The Morgan fingerprint density at radius 3 is 1.94 bits per heavy atom. The van der Waals surface area contributed by atoms with Crippen LogP contribution in [0.3, 0.4) is 0 Å². The number of epoxide rings is 1. The molecular formula is C26H34O9. The smallest absolute Gasteiger partial charge is 0.303 e. The lowest BCUT2D eigenvalue weighted by Gasteiger charge is -2.29. The first-order chi connectivity index (χ1) is 16.1. The molecule has 3 aliphatic carbocycles. The maximum atomic E-state index is 13.9. The first-order valence-electron chi connectivity index (χ1n) is 12.1. The zero-order valence-electron chi connectivity index (χ0n) is 21.5. The number of rotatable bonds is 3. The molecule has 4 rings (SSSR count). The number of esters is 3. The molecule has 9 nitrogen and oxygen atoms in total. The minimum Gasteiger partial charge on any atom is -0.461 e. The summed E-state index contributed by atoms with van der Waals surface area (Å²) < 4.78 is 23.2. The van der Waals surface area contributed by atoms with E-state index in [1.54, 1.807) is 26.8 Å². The summed E-state index contributed by atoms with van der Waals surface area (Å²) in [6.07, 6.45) is -0.966. The van der Waals surface area contributed by atoms with Crippen LogP contribution in [-0.4, -0.2) is 59.0 Å². The van der Waals surface area contributed by atoms with Crippen molar-refractivity contribution in [2.45, 2.75) is 91.3 Å². The predicted molar refractivity (Wildman–Crippen MR) is 121 cm³/mol. The van der Waals surface area contributed by atoms with Gasteiger partial charge < -0.3 is 18.9 Å². The highest BCUT2D eigenvalue weighted by Crippen LogP contribution is 2.67. The maximum Gasteiger partial charge on any atom is 0.303 e. The Morgan fingerprint density at radius 2 is 1.40 bits per heavy atom. The quantitative estimate of drug-likeness (QED) is 0.254. The van der Waals surface area contributed by atoms with Crippen LogP contribution in [0.25, 0.3) is 0 Å². The molecule has 9 unspecified atom stereocenters. The second-order valence-corrected chi connectivity index (χ2v) is 11.2. The van der Waals surface area contributed by atoms with E-state index in [4.69, 9.17) is 18.9 Å². The van der Waals surface area contributed by atoms with Gasteiger partial charge in [0.15, 0.2) is 28.9 Å². The lowest BCUT2D eigenvalue weighted by molar-refractivity contribution is -0.166. The Bertz CT molecular complexity index is 1040. The van der Waals surface area contributed by atoms with Crippen LogP contribution in [-0.2, 0) is 42.9 Å². The second-order valence-electron chi connectivity index (χ2n) is 11.2. The van der Waals surface area contributed by atoms with Crippen LogP contribution >= 0.6 is 0 Å². The van der Waals surface area contributed by atoms with E-state index in [0.29, 0.717) is 5.57 Å². The minimum absolute atomic E-state index is 0.217. The van der Waals surface area contributed by atoms with E-state index in [-0.39, 0.29) is 29.8 Å². The maximum absolute atomic E-state index is 13.9. The summed E-state index contributed by atoms with van der Waals surface area (Å²) in [6.45, 7) is 12.8. The summed E-state index contributed by atoms with van der Waals surface area (Å²) in [5.74, 6) is -4.14. The van der Waals surface area contributed by atoms with Gasteiger partial charge in [0.25, 0.3) is 0 Å². The van der Waals surface area contributed by atoms with E-state index >= 15 is 0 Å². The number of hydrogen-bond acceptors (Lipinski definition) is 9. The molecule has 35 heavy (non-hydrogen) atoms. The largest absolute Gasteiger partial charge is 0.461 e. The van der Waals surface area contributed by atoms with Gasteiger partial charge in [-0.1, -0.05) is 27.7 Å². The first-order valence-corrected chi connectivity index (χ1v) is 12.1. The molecule has 0 aromatic rings. The first kappa shape index (κ1) is 25.5. The van der Waals surface area contributed by atoms with Gasteiger partial charge in [0, 0.05) is 38.5 Å². The van der Waals surface area contributed by atoms with Gasteiger partial charge in [-0.2, -0.15) is 0 Å². The molecule has 0 N–H and O–H groups in total. The number of ketones is 2. The number of ether oxygens (including phenoxy) is 4. The molecule has 0 aromatic carbocycles. The van der Waals surface area contributed by atoms with E-state index in [9.17, 15) is 24.0 Å². The van der Waals surface area contributed by atoms with Crippen molar-refractivity contribution in [1.82, 2.24) is 0 Å². The zero-order valence-corrected chi connectivity index (χ0v) is 21.5. The molecule has 0 aromatic heterocycles. The van der Waals surface area contributed by atoms with Crippen LogP contribution < -0.4 is 0 Å². The number of carbonyl (C=O) groups is 5. The fraction of sp³-hybridized carbons (Fsp3) is 0.731. The predicted octanol–water partition coefficient (Wildman–Crippen LogP) is 2.34. The molecule has 1 aliphatic heterocycles. The molecule has 2 saturated carbocycles. The molecule has 0 bridgehead atoms. The summed E-state index contributed by atoms with van der Waals surface area (Å²) in [5, 5.41) is 0. The fourth-order valence-corrected chi connectivity index (χ4v) is 6.82. The number of hydrogen-bond donors (Lipinski definition) is 0. The Labute approximate surface area is 204 Å². The average molecular weight is 491 g/mol. The van der Waals surface area contributed by atoms with E-state index in [0.717, 1.165) is 0 Å². The van der Waals surface area contributed by atoms with E-state index in [1.807, 2.05) is 13.8 Å². The topological polar surface area (TPSA) is 126 Å². The Balaban J connectivity index is 1.92. The van der Waals surface area contributed by atoms with Gasteiger partial charge in [-0.05, 0) is 30.4 Å². The van der Waals surface area contributed by atoms with Crippen molar-refractivity contribution in [2.24, 2.45) is 29.1 Å². The van der Waals surface area contributed by atoms with Crippen LogP contribution in [0.5, 0.6) is 0 Å². The average Bonchev–Trinajstić information content (AvgIpc) is 3.52. The number of carbonyl (C=O) groups excluding carboxylic acids is 5. The molecule has 192 valence electrons. The van der Waals surface area contributed by atoms with Crippen molar-refractivity contribution in [2.75, 3.05) is 0 Å². The third kappa shape index (κ3) is 3.65. The molecule has 0 amide bonds. The van der Waals surface area contributed by atoms with Crippen molar-refractivity contribution in [3.8, 4) is 0 Å². The Hall–Kier alpha value is -2.55. The van der Waals surface area contributed by atoms with Crippen molar-refractivity contribution in [3.05, 3.63) is 11.6 Å². The summed E-state index contributed by atoms with van der Waals surface area (Å²) in [7, 11) is 0. The van der Waals surface area contributed by atoms with Gasteiger partial charge >= 0.3 is 17.9 Å².